The van der Waals surface area contributed by atoms with Crippen molar-refractivity contribution >= 4 is 66.0 Å². The fourth-order valence-electron chi connectivity index (χ4n) is 6.00. The third kappa shape index (κ3) is 10.3. The second-order valence-corrected chi connectivity index (χ2v) is 15.1. The molecule has 270 valence electrons. The molecule has 1 aliphatic rings. The van der Waals surface area contributed by atoms with Crippen molar-refractivity contribution in [3.8, 4) is 0 Å². The van der Waals surface area contributed by atoms with Gasteiger partial charge in [0.15, 0.2) is 16.7 Å². The molecule has 1 amide bonds. The monoisotopic (exact) mass is 764 g/mol. The summed E-state index contributed by atoms with van der Waals surface area (Å²) >= 11 is 0. The Balaban J connectivity index is 0.00000627. The number of benzene rings is 3. The average molecular weight is 765 g/mol. The van der Waals surface area contributed by atoms with Gasteiger partial charge in [0.05, 0.1) is 51.8 Å². The Bertz CT molecular complexity index is 2380. The van der Waals surface area contributed by atoms with Crippen molar-refractivity contribution in [3.05, 3.63) is 132 Å². The van der Waals surface area contributed by atoms with Crippen LogP contribution in [0.5, 0.6) is 0 Å². The van der Waals surface area contributed by atoms with E-state index in [2.05, 4.69) is 16.7 Å². The molecule has 16 heteroatoms. The third-order valence-corrected chi connectivity index (χ3v) is 10.0. The van der Waals surface area contributed by atoms with Crippen molar-refractivity contribution in [2.24, 2.45) is 7.05 Å². The maximum Gasteiger partial charge on any atom is 1.00 e. The predicted molar refractivity (Wildman–Crippen MR) is 199 cm³/mol. The van der Waals surface area contributed by atoms with E-state index in [-0.39, 0.29) is 61.4 Å². The second kappa shape index (κ2) is 17.5. The predicted octanol–water partition coefficient (Wildman–Crippen LogP) is 2.41. The molecule has 0 saturated carbocycles. The van der Waals surface area contributed by atoms with Gasteiger partial charge >= 0.3 is 29.6 Å². The van der Waals surface area contributed by atoms with Gasteiger partial charge < -0.3 is 24.2 Å². The molecule has 1 aliphatic heterocycles. The molecule has 1 aromatic heterocycles. The number of carbonyl (C=O) groups is 1. The molecule has 13 nitrogen and oxygen atoms in total. The number of anilines is 3. The van der Waals surface area contributed by atoms with E-state index in [1.165, 1.54) is 0 Å². The molecule has 0 unspecified atom stereocenters. The van der Waals surface area contributed by atoms with Gasteiger partial charge in [0.1, 0.15) is 5.82 Å². The van der Waals surface area contributed by atoms with Crippen LogP contribution in [-0.2, 0) is 33.8 Å². The third-order valence-electron chi connectivity index (χ3n) is 8.43. The maximum absolute atomic E-state index is 12.9. The van der Waals surface area contributed by atoms with Crippen LogP contribution in [0.3, 0.4) is 0 Å². The molecular weight excluding hydrogens is 728 g/mol. The first-order valence-corrected chi connectivity index (χ1v) is 19.4. The molecule has 0 saturated heterocycles. The number of aromatic nitrogens is 2. The Hall–Kier alpha value is -4.53. The SMILES string of the molecule is [C-]#[N+]c1ccc2c(c1)n(CCCS(=O)(=O)[O-])c(/C=C/C(C)=C\C=C1/N(C=C)c3ccc(NC(=O)c4ccccc4)cc3N1CCCS(=O)(=O)[O-])[n+]2C.[Na+]. The first-order chi connectivity index (χ1) is 24.7. The van der Waals surface area contributed by atoms with E-state index >= 15 is 0 Å². The number of imidazole rings is 1. The molecule has 3 aromatic carbocycles. The first kappa shape index (κ1) is 41.2. The number of allylic oxidation sites excluding steroid dienone is 4. The summed E-state index contributed by atoms with van der Waals surface area (Å²) in [5.74, 6) is -0.00989. The summed E-state index contributed by atoms with van der Waals surface area (Å²) in [5.41, 5.74) is 5.20. The zero-order valence-electron chi connectivity index (χ0n) is 29.6. The van der Waals surface area contributed by atoms with Crippen LogP contribution in [0.25, 0.3) is 22.0 Å². The minimum Gasteiger partial charge on any atom is -0.748 e. The number of aryl methyl sites for hydroxylation is 2. The summed E-state index contributed by atoms with van der Waals surface area (Å²) in [6, 6.07) is 19.4. The molecule has 53 heavy (non-hydrogen) atoms. The van der Waals surface area contributed by atoms with Crippen molar-refractivity contribution in [2.75, 3.05) is 33.2 Å². The van der Waals surface area contributed by atoms with Gasteiger partial charge in [-0.05, 0) is 68.3 Å². The van der Waals surface area contributed by atoms with Gasteiger partial charge in [-0.3, -0.25) is 4.79 Å². The van der Waals surface area contributed by atoms with Gasteiger partial charge in [0.2, 0.25) is 0 Å². The van der Waals surface area contributed by atoms with E-state index < -0.39 is 31.7 Å². The number of amides is 1. The van der Waals surface area contributed by atoms with Crippen LogP contribution in [-0.4, -0.2) is 54.5 Å². The molecule has 0 aliphatic carbocycles. The smallest absolute Gasteiger partial charge is 0.748 e. The number of hydrogen-bond acceptors (Lipinski definition) is 9. The number of hydrogen-bond donors (Lipinski definition) is 1. The fraction of sp³-hybridized carbons (Fsp3) is 0.216. The van der Waals surface area contributed by atoms with Crippen molar-refractivity contribution in [2.45, 2.75) is 26.3 Å². The molecule has 0 atom stereocenters. The van der Waals surface area contributed by atoms with E-state index in [4.69, 9.17) is 6.57 Å². The second-order valence-electron chi connectivity index (χ2n) is 12.1. The molecule has 0 spiro atoms. The molecular formula is C37H37N6NaO7S2. The molecule has 0 bridgehead atoms. The molecule has 1 N–H and O–H groups in total. The fourth-order valence-corrected chi connectivity index (χ4v) is 6.97. The van der Waals surface area contributed by atoms with E-state index in [9.17, 15) is 30.7 Å². The summed E-state index contributed by atoms with van der Waals surface area (Å²) in [7, 11) is -7.00. The van der Waals surface area contributed by atoms with E-state index in [1.54, 1.807) is 54.7 Å². The van der Waals surface area contributed by atoms with E-state index in [0.29, 0.717) is 34.3 Å². The van der Waals surface area contributed by atoms with Crippen molar-refractivity contribution in [1.29, 1.82) is 0 Å². The number of carbonyl (C=O) groups excluding carboxylic acids is 1. The summed E-state index contributed by atoms with van der Waals surface area (Å²) in [4.78, 5) is 20.1. The van der Waals surface area contributed by atoms with Gasteiger partial charge in [-0.1, -0.05) is 48.6 Å². The number of rotatable bonds is 14. The average Bonchev–Trinajstić information content (AvgIpc) is 3.54. The molecule has 0 radical (unpaired) electrons. The largest absolute Gasteiger partial charge is 1.00 e. The van der Waals surface area contributed by atoms with Gasteiger partial charge in [-0.15, -0.1) is 0 Å². The van der Waals surface area contributed by atoms with Crippen LogP contribution in [0.2, 0.25) is 0 Å². The standard InChI is InChI=1S/C37H38N6O7S2.Na/c1-5-41-32-18-16-30(39-37(44)28-11-7-6-8-12-28)26-34(32)43(22-10-24-52(48,49)50)36(41)20-14-27(2)13-19-35-40(4)31-17-15-29(38-3)25-33(31)42(35)21-9-23-51(45,46)47;/h5-8,11-20,25-26H,1,9-10,21-24H2,2,4H3,(H2-,39,44,45,46,47,48,49,50);/q;+1/p-1. The van der Waals surface area contributed by atoms with Gasteiger partial charge in [0.25, 0.3) is 11.7 Å². The van der Waals surface area contributed by atoms with E-state index in [0.717, 1.165) is 22.3 Å². The zero-order chi connectivity index (χ0) is 37.6. The zero-order valence-corrected chi connectivity index (χ0v) is 33.2. The van der Waals surface area contributed by atoms with Crippen molar-refractivity contribution in [3.63, 3.8) is 0 Å². The van der Waals surface area contributed by atoms with Gasteiger partial charge in [-0.2, -0.15) is 0 Å². The molecule has 4 aromatic rings. The number of nitrogens with zero attached hydrogens (tertiary/aromatic N) is 5. The Labute approximate surface area is 331 Å². The minimum atomic E-state index is -4.45. The summed E-state index contributed by atoms with van der Waals surface area (Å²) in [6.07, 6.45) is 9.20. The normalized spacial score (nSPS) is 14.0. The van der Waals surface area contributed by atoms with Crippen LogP contribution < -0.4 is 49.2 Å². The Morgan fingerprint density at radius 2 is 1.64 bits per heavy atom. The van der Waals surface area contributed by atoms with Crippen LogP contribution in [0.1, 0.15) is 35.9 Å². The first-order valence-electron chi connectivity index (χ1n) is 16.2. The van der Waals surface area contributed by atoms with Crippen LogP contribution in [0.4, 0.5) is 22.7 Å². The van der Waals surface area contributed by atoms with E-state index in [1.807, 2.05) is 75.4 Å². The quantitative estimate of drug-likeness (QED) is 0.0668. The molecule has 2 heterocycles. The van der Waals surface area contributed by atoms with Crippen molar-refractivity contribution < 1.29 is 64.9 Å². The Morgan fingerprint density at radius 1 is 0.962 bits per heavy atom. The minimum absolute atomic E-state index is 0. The summed E-state index contributed by atoms with van der Waals surface area (Å²) < 4.78 is 72.2. The topological polar surface area (TPSA) is 163 Å². The Morgan fingerprint density at radius 3 is 2.28 bits per heavy atom. The molecule has 0 fully saturated rings. The maximum atomic E-state index is 12.9. The number of nitrogens with one attached hydrogen (secondary N) is 1. The van der Waals surface area contributed by atoms with Crippen LogP contribution in [0, 0.1) is 6.57 Å². The summed E-state index contributed by atoms with van der Waals surface area (Å²) in [5, 5.41) is 2.90. The van der Waals surface area contributed by atoms with Gasteiger partial charge in [-0.25, -0.2) is 30.8 Å². The Kier molecular flexibility index (Phi) is 13.6. The van der Waals surface area contributed by atoms with Crippen LogP contribution >= 0.6 is 0 Å². The molecule has 5 rings (SSSR count). The van der Waals surface area contributed by atoms with Crippen LogP contribution in [0.15, 0.2) is 109 Å². The summed E-state index contributed by atoms with van der Waals surface area (Å²) in [6.45, 7) is 13.7. The van der Waals surface area contributed by atoms with Crippen molar-refractivity contribution in [1.82, 2.24) is 4.57 Å². The number of fused-ring (bicyclic) bond motifs is 2. The van der Waals surface area contributed by atoms with Gasteiger partial charge in [0, 0.05) is 41.6 Å².